The van der Waals surface area contributed by atoms with Crippen LogP contribution in [0.25, 0.3) is 22.8 Å². The normalized spacial score (nSPS) is 15.6. The molecule has 0 bridgehead atoms. The average Bonchev–Trinajstić information content (AvgIpc) is 3.29. The van der Waals surface area contributed by atoms with E-state index >= 15 is 0 Å². The molecule has 0 fully saturated rings. The molecular weight excluding hydrogens is 340 g/mol. The van der Waals surface area contributed by atoms with Gasteiger partial charge in [0.05, 0.1) is 11.7 Å². The summed E-state index contributed by atoms with van der Waals surface area (Å²) in [5.41, 5.74) is 10.7. The van der Waals surface area contributed by atoms with Crippen molar-refractivity contribution in [3.8, 4) is 34.7 Å². The van der Waals surface area contributed by atoms with Crippen molar-refractivity contribution in [1.29, 1.82) is 5.26 Å². The van der Waals surface area contributed by atoms with Crippen LogP contribution < -0.4 is 10.5 Å². The highest BCUT2D eigenvalue weighted by Crippen LogP contribution is 2.36. The van der Waals surface area contributed by atoms with Crippen molar-refractivity contribution in [2.45, 2.75) is 38.8 Å². The van der Waals surface area contributed by atoms with Gasteiger partial charge in [0.1, 0.15) is 11.8 Å². The summed E-state index contributed by atoms with van der Waals surface area (Å²) in [6, 6.07) is 13.5. The highest BCUT2D eigenvalue weighted by Gasteiger charge is 2.24. The Morgan fingerprint density at radius 1 is 1.30 bits per heavy atom. The first-order valence-corrected chi connectivity index (χ1v) is 8.99. The van der Waals surface area contributed by atoms with Gasteiger partial charge in [-0.2, -0.15) is 10.2 Å². The number of nitriles is 1. The zero-order valence-electron chi connectivity index (χ0n) is 15.3. The summed E-state index contributed by atoms with van der Waals surface area (Å²) in [4.78, 5) is 4.57. The number of nitrogens with two attached hydrogens (primary N) is 1. The molecule has 1 aromatic heterocycles. The summed E-state index contributed by atoms with van der Waals surface area (Å²) in [6.07, 6.45) is 1.81. The number of nitrogens with zero attached hydrogens (tertiary/aromatic N) is 3. The largest absolute Gasteiger partial charge is 0.490 e. The molecule has 0 radical (unpaired) electrons. The van der Waals surface area contributed by atoms with E-state index in [4.69, 9.17) is 15.0 Å². The molecular formula is C21H20N4O2. The zero-order valence-corrected chi connectivity index (χ0v) is 15.3. The first-order valence-electron chi connectivity index (χ1n) is 8.99. The molecule has 1 aliphatic carbocycles. The van der Waals surface area contributed by atoms with Crippen molar-refractivity contribution >= 4 is 0 Å². The molecule has 0 unspecified atom stereocenters. The second-order valence-electron chi connectivity index (χ2n) is 6.93. The standard InChI is InChI=1S/C21H20N4O2/c1-12(2)26-19-10-13(6-7-14(19)11-22)21-24-20(25-27-21)17-5-3-4-16-15(17)8-9-18(16)23/h3-7,10,12,18H,8-9,23H2,1-2H3/t18-/m0/s1. The molecule has 2 aromatic carbocycles. The van der Waals surface area contributed by atoms with Gasteiger partial charge in [-0.05, 0) is 56.0 Å². The van der Waals surface area contributed by atoms with Gasteiger partial charge >= 0.3 is 0 Å². The van der Waals surface area contributed by atoms with Crippen molar-refractivity contribution in [3.05, 3.63) is 53.1 Å². The summed E-state index contributed by atoms with van der Waals surface area (Å²) in [5, 5.41) is 13.4. The van der Waals surface area contributed by atoms with Gasteiger partial charge in [-0.1, -0.05) is 23.4 Å². The minimum absolute atomic E-state index is 0.0401. The molecule has 6 heteroatoms. The molecule has 27 heavy (non-hydrogen) atoms. The van der Waals surface area contributed by atoms with Crippen molar-refractivity contribution in [2.24, 2.45) is 5.73 Å². The van der Waals surface area contributed by atoms with Crippen molar-refractivity contribution in [2.75, 3.05) is 0 Å². The monoisotopic (exact) mass is 360 g/mol. The van der Waals surface area contributed by atoms with Crippen LogP contribution in [0.4, 0.5) is 0 Å². The van der Waals surface area contributed by atoms with Gasteiger partial charge in [0, 0.05) is 17.2 Å². The van der Waals surface area contributed by atoms with Gasteiger partial charge in [-0.25, -0.2) is 0 Å². The number of aromatic nitrogens is 2. The van der Waals surface area contributed by atoms with Crippen LogP contribution in [0.15, 0.2) is 40.9 Å². The van der Waals surface area contributed by atoms with E-state index in [0.717, 1.165) is 24.0 Å². The third-order valence-corrected chi connectivity index (χ3v) is 4.70. The number of benzene rings is 2. The van der Waals surface area contributed by atoms with Crippen LogP contribution in [0, 0.1) is 11.3 Å². The lowest BCUT2D eigenvalue weighted by Crippen LogP contribution is -2.06. The number of hydrogen-bond acceptors (Lipinski definition) is 6. The van der Waals surface area contributed by atoms with Crippen molar-refractivity contribution in [1.82, 2.24) is 10.1 Å². The molecule has 4 rings (SSSR count). The number of hydrogen-bond donors (Lipinski definition) is 1. The van der Waals surface area contributed by atoms with E-state index < -0.39 is 0 Å². The van der Waals surface area contributed by atoms with Crippen LogP contribution in [0.2, 0.25) is 0 Å². The summed E-state index contributed by atoms with van der Waals surface area (Å²) in [5.74, 6) is 1.45. The summed E-state index contributed by atoms with van der Waals surface area (Å²) in [7, 11) is 0. The fourth-order valence-electron chi connectivity index (χ4n) is 3.45. The minimum Gasteiger partial charge on any atom is -0.490 e. The molecule has 3 aromatic rings. The first kappa shape index (κ1) is 17.3. The van der Waals surface area contributed by atoms with Crippen molar-refractivity contribution in [3.63, 3.8) is 0 Å². The second-order valence-corrected chi connectivity index (χ2v) is 6.93. The zero-order chi connectivity index (χ0) is 19.0. The maximum atomic E-state index is 9.26. The Hall–Kier alpha value is -3.17. The van der Waals surface area contributed by atoms with Crippen LogP contribution in [0.1, 0.15) is 43.0 Å². The Balaban J connectivity index is 1.71. The van der Waals surface area contributed by atoms with E-state index in [0.29, 0.717) is 28.6 Å². The average molecular weight is 360 g/mol. The highest BCUT2D eigenvalue weighted by molar-refractivity contribution is 5.67. The molecule has 0 amide bonds. The SMILES string of the molecule is CC(C)Oc1cc(-c2nc(-c3cccc4c3CC[C@@H]4N)no2)ccc1C#N. The molecule has 6 nitrogen and oxygen atoms in total. The number of rotatable bonds is 4. The predicted octanol–water partition coefficient (Wildman–Crippen LogP) is 4.01. The fourth-order valence-corrected chi connectivity index (χ4v) is 3.45. The van der Waals surface area contributed by atoms with Crippen LogP contribution in [-0.2, 0) is 6.42 Å². The molecule has 0 aliphatic heterocycles. The molecule has 0 saturated heterocycles. The Morgan fingerprint density at radius 3 is 2.93 bits per heavy atom. The minimum atomic E-state index is -0.0401. The van der Waals surface area contributed by atoms with Gasteiger partial charge in [0.25, 0.3) is 5.89 Å². The molecule has 0 spiro atoms. The van der Waals surface area contributed by atoms with Crippen LogP contribution in [0.5, 0.6) is 5.75 Å². The Kier molecular flexibility index (Phi) is 4.38. The Bertz CT molecular complexity index is 1030. The topological polar surface area (TPSA) is 98.0 Å². The predicted molar refractivity (Wildman–Crippen MR) is 101 cm³/mol. The maximum absolute atomic E-state index is 9.26. The molecule has 0 saturated carbocycles. The molecule has 1 heterocycles. The van der Waals surface area contributed by atoms with E-state index in [1.165, 1.54) is 5.56 Å². The van der Waals surface area contributed by atoms with E-state index in [1.807, 2.05) is 26.0 Å². The molecule has 1 atom stereocenters. The van der Waals surface area contributed by atoms with E-state index in [1.54, 1.807) is 18.2 Å². The third-order valence-electron chi connectivity index (χ3n) is 4.70. The highest BCUT2D eigenvalue weighted by atomic mass is 16.5. The van der Waals surface area contributed by atoms with Crippen LogP contribution >= 0.6 is 0 Å². The van der Waals surface area contributed by atoms with E-state index in [2.05, 4.69) is 22.3 Å². The lowest BCUT2D eigenvalue weighted by atomic mass is 10.0. The second kappa shape index (κ2) is 6.86. The summed E-state index contributed by atoms with van der Waals surface area (Å²) >= 11 is 0. The summed E-state index contributed by atoms with van der Waals surface area (Å²) < 4.78 is 11.2. The van der Waals surface area contributed by atoms with Gasteiger partial charge in [-0.3, -0.25) is 0 Å². The lowest BCUT2D eigenvalue weighted by Gasteiger charge is -2.11. The van der Waals surface area contributed by atoms with Gasteiger partial charge in [-0.15, -0.1) is 0 Å². The van der Waals surface area contributed by atoms with Crippen molar-refractivity contribution < 1.29 is 9.26 Å². The molecule has 2 N–H and O–H groups in total. The summed E-state index contributed by atoms with van der Waals surface area (Å²) in [6.45, 7) is 3.83. The van der Waals surface area contributed by atoms with Gasteiger partial charge in [0.2, 0.25) is 5.82 Å². The van der Waals surface area contributed by atoms with Crippen LogP contribution in [0.3, 0.4) is 0 Å². The fraction of sp³-hybridized carbons (Fsp3) is 0.286. The smallest absolute Gasteiger partial charge is 0.258 e. The first-order chi connectivity index (χ1) is 13.1. The Labute approximate surface area is 157 Å². The number of fused-ring (bicyclic) bond motifs is 1. The quantitative estimate of drug-likeness (QED) is 0.755. The molecule has 136 valence electrons. The number of ether oxygens (including phenoxy) is 1. The lowest BCUT2D eigenvalue weighted by molar-refractivity contribution is 0.242. The van der Waals surface area contributed by atoms with Gasteiger partial charge in [0.15, 0.2) is 0 Å². The Morgan fingerprint density at radius 2 is 2.15 bits per heavy atom. The van der Waals surface area contributed by atoms with Gasteiger partial charge < -0.3 is 15.0 Å². The van der Waals surface area contributed by atoms with E-state index in [9.17, 15) is 5.26 Å². The third kappa shape index (κ3) is 3.18. The maximum Gasteiger partial charge on any atom is 0.258 e. The molecule has 1 aliphatic rings. The van der Waals surface area contributed by atoms with Crippen LogP contribution in [-0.4, -0.2) is 16.2 Å². The van der Waals surface area contributed by atoms with E-state index in [-0.39, 0.29) is 12.1 Å².